The van der Waals surface area contributed by atoms with Crippen LogP contribution in [0.25, 0.3) is 0 Å². The Morgan fingerprint density at radius 3 is 2.37 bits per heavy atom. The highest BCUT2D eigenvalue weighted by atomic mass is 16.4. The SMILES string of the molecule is CC1(C)CCC[C@]2(C)[C@@H](CC(=O)O)[C@](C)(O)CC[C@@H]12. The third kappa shape index (κ3) is 2.42. The average molecular weight is 268 g/mol. The molecule has 2 rings (SSSR count). The Labute approximate surface area is 116 Å². The summed E-state index contributed by atoms with van der Waals surface area (Å²) in [6.07, 6.45) is 5.26. The quantitative estimate of drug-likeness (QED) is 0.806. The topological polar surface area (TPSA) is 57.5 Å². The number of carboxylic acids is 1. The van der Waals surface area contributed by atoms with Gasteiger partial charge in [0.05, 0.1) is 12.0 Å². The van der Waals surface area contributed by atoms with Gasteiger partial charge in [-0.3, -0.25) is 4.79 Å². The number of rotatable bonds is 2. The number of hydrogen-bond acceptors (Lipinski definition) is 2. The second kappa shape index (κ2) is 4.47. The van der Waals surface area contributed by atoms with Gasteiger partial charge in [-0.1, -0.05) is 27.2 Å². The van der Waals surface area contributed by atoms with Crippen molar-refractivity contribution in [2.75, 3.05) is 0 Å². The Morgan fingerprint density at radius 2 is 1.79 bits per heavy atom. The predicted molar refractivity (Wildman–Crippen MR) is 74.8 cm³/mol. The molecule has 0 aliphatic heterocycles. The fourth-order valence-electron chi connectivity index (χ4n) is 5.25. The Morgan fingerprint density at radius 1 is 1.16 bits per heavy atom. The van der Waals surface area contributed by atoms with Crippen LogP contribution in [0.5, 0.6) is 0 Å². The van der Waals surface area contributed by atoms with Gasteiger partial charge in [-0.25, -0.2) is 0 Å². The zero-order chi connectivity index (χ0) is 14.5. The summed E-state index contributed by atoms with van der Waals surface area (Å²) in [6.45, 7) is 8.68. The number of hydrogen-bond donors (Lipinski definition) is 2. The molecule has 2 saturated carbocycles. The van der Waals surface area contributed by atoms with E-state index >= 15 is 0 Å². The Bertz CT molecular complexity index is 372. The van der Waals surface area contributed by atoms with Crippen molar-refractivity contribution in [3.05, 3.63) is 0 Å². The first-order valence-corrected chi connectivity index (χ1v) is 7.54. The van der Waals surface area contributed by atoms with Gasteiger partial charge in [-0.05, 0) is 49.4 Å². The van der Waals surface area contributed by atoms with Crippen LogP contribution in [0.15, 0.2) is 0 Å². The third-order valence-electron chi connectivity index (χ3n) is 6.14. The molecule has 19 heavy (non-hydrogen) atoms. The first kappa shape index (κ1) is 14.8. The van der Waals surface area contributed by atoms with Gasteiger partial charge in [0.15, 0.2) is 0 Å². The fourth-order valence-corrected chi connectivity index (χ4v) is 5.25. The lowest BCUT2D eigenvalue weighted by Gasteiger charge is -2.61. The van der Waals surface area contributed by atoms with Crippen LogP contribution in [-0.2, 0) is 4.79 Å². The van der Waals surface area contributed by atoms with Gasteiger partial charge in [0, 0.05) is 5.92 Å². The van der Waals surface area contributed by atoms with Crippen molar-refractivity contribution >= 4 is 5.97 Å². The van der Waals surface area contributed by atoms with E-state index in [9.17, 15) is 15.0 Å². The van der Waals surface area contributed by atoms with Gasteiger partial charge < -0.3 is 10.2 Å². The number of aliphatic hydroxyl groups is 1. The second-order valence-corrected chi connectivity index (χ2v) is 7.95. The smallest absolute Gasteiger partial charge is 0.303 e. The van der Waals surface area contributed by atoms with Crippen molar-refractivity contribution in [1.82, 2.24) is 0 Å². The molecule has 0 unspecified atom stereocenters. The van der Waals surface area contributed by atoms with Crippen LogP contribution in [0, 0.1) is 22.7 Å². The maximum absolute atomic E-state index is 11.2. The summed E-state index contributed by atoms with van der Waals surface area (Å²) in [5.41, 5.74) is -0.612. The van der Waals surface area contributed by atoms with Crippen molar-refractivity contribution in [2.45, 2.75) is 71.8 Å². The normalized spacial score (nSPS) is 45.5. The Kier molecular flexibility index (Phi) is 3.49. The molecular weight excluding hydrogens is 240 g/mol. The van der Waals surface area contributed by atoms with Crippen LogP contribution < -0.4 is 0 Å². The van der Waals surface area contributed by atoms with Crippen LogP contribution in [-0.4, -0.2) is 21.8 Å². The number of carboxylic acid groups (broad SMARTS) is 1. The van der Waals surface area contributed by atoms with Crippen LogP contribution in [0.1, 0.15) is 66.2 Å². The summed E-state index contributed by atoms with van der Waals surface area (Å²) in [7, 11) is 0. The number of fused-ring (bicyclic) bond motifs is 1. The number of aliphatic carboxylic acids is 1. The van der Waals surface area contributed by atoms with Crippen molar-refractivity contribution in [3.63, 3.8) is 0 Å². The second-order valence-electron chi connectivity index (χ2n) is 7.95. The minimum atomic E-state index is -0.836. The molecule has 0 bridgehead atoms. The Balaban J connectivity index is 2.38. The lowest BCUT2D eigenvalue weighted by molar-refractivity contribution is -0.178. The minimum Gasteiger partial charge on any atom is -0.481 e. The standard InChI is InChI=1S/C16H28O3/c1-14(2)7-5-8-15(3)11(14)6-9-16(4,19)12(15)10-13(17)18/h11-12,19H,5-10H2,1-4H3,(H,17,18)/t11-,12+,15-,16+/m0/s1. The highest BCUT2D eigenvalue weighted by Crippen LogP contribution is 2.62. The molecule has 0 aromatic rings. The van der Waals surface area contributed by atoms with E-state index in [1.54, 1.807) is 0 Å². The third-order valence-corrected chi connectivity index (χ3v) is 6.14. The highest BCUT2D eigenvalue weighted by molar-refractivity contribution is 5.67. The van der Waals surface area contributed by atoms with Crippen LogP contribution in [0.4, 0.5) is 0 Å². The summed E-state index contributed by atoms with van der Waals surface area (Å²) in [5.74, 6) is -0.385. The average Bonchev–Trinajstić information content (AvgIpc) is 2.22. The molecule has 3 nitrogen and oxygen atoms in total. The van der Waals surface area contributed by atoms with Gasteiger partial charge in [0.2, 0.25) is 0 Å². The minimum absolute atomic E-state index is 0.0398. The molecule has 0 saturated heterocycles. The molecule has 2 aliphatic carbocycles. The summed E-state index contributed by atoms with van der Waals surface area (Å²) < 4.78 is 0. The molecule has 0 aromatic heterocycles. The molecule has 0 spiro atoms. The fraction of sp³-hybridized carbons (Fsp3) is 0.938. The van der Waals surface area contributed by atoms with E-state index in [0.717, 1.165) is 25.7 Å². The lowest BCUT2D eigenvalue weighted by Crippen LogP contribution is -2.58. The molecule has 3 heteroatoms. The van der Waals surface area contributed by atoms with Crippen LogP contribution in [0.2, 0.25) is 0 Å². The van der Waals surface area contributed by atoms with E-state index in [0.29, 0.717) is 5.92 Å². The maximum atomic E-state index is 11.2. The highest BCUT2D eigenvalue weighted by Gasteiger charge is 2.58. The molecule has 0 amide bonds. The van der Waals surface area contributed by atoms with E-state index in [2.05, 4.69) is 20.8 Å². The van der Waals surface area contributed by atoms with Gasteiger partial charge in [0.25, 0.3) is 0 Å². The zero-order valence-electron chi connectivity index (χ0n) is 12.7. The van der Waals surface area contributed by atoms with Gasteiger partial charge in [-0.15, -0.1) is 0 Å². The van der Waals surface area contributed by atoms with E-state index in [-0.39, 0.29) is 23.2 Å². The van der Waals surface area contributed by atoms with E-state index in [1.807, 2.05) is 6.92 Å². The summed E-state index contributed by atoms with van der Waals surface area (Å²) in [5, 5.41) is 19.9. The molecule has 2 N–H and O–H groups in total. The number of carbonyl (C=O) groups is 1. The van der Waals surface area contributed by atoms with E-state index in [4.69, 9.17) is 0 Å². The molecule has 4 atom stereocenters. The first-order chi connectivity index (χ1) is 8.59. The molecule has 110 valence electrons. The van der Waals surface area contributed by atoms with Crippen LogP contribution >= 0.6 is 0 Å². The summed E-state index contributed by atoms with van der Waals surface area (Å²) in [4.78, 5) is 11.2. The predicted octanol–water partition coefficient (Wildman–Crippen LogP) is 3.45. The summed E-state index contributed by atoms with van der Waals surface area (Å²) in [6, 6.07) is 0. The maximum Gasteiger partial charge on any atom is 0.303 e. The Hall–Kier alpha value is -0.570. The molecule has 2 aliphatic rings. The van der Waals surface area contributed by atoms with Crippen molar-refractivity contribution in [3.8, 4) is 0 Å². The molecule has 0 radical (unpaired) electrons. The molecule has 2 fully saturated rings. The van der Waals surface area contributed by atoms with E-state index in [1.165, 1.54) is 6.42 Å². The van der Waals surface area contributed by atoms with Gasteiger partial charge in [0.1, 0.15) is 0 Å². The van der Waals surface area contributed by atoms with Crippen LogP contribution in [0.3, 0.4) is 0 Å². The molecular formula is C16H28O3. The van der Waals surface area contributed by atoms with Crippen molar-refractivity contribution in [2.24, 2.45) is 22.7 Å². The molecule has 0 heterocycles. The van der Waals surface area contributed by atoms with E-state index < -0.39 is 11.6 Å². The summed E-state index contributed by atoms with van der Waals surface area (Å²) >= 11 is 0. The largest absolute Gasteiger partial charge is 0.481 e. The van der Waals surface area contributed by atoms with Crippen molar-refractivity contribution in [1.29, 1.82) is 0 Å². The van der Waals surface area contributed by atoms with Crippen molar-refractivity contribution < 1.29 is 15.0 Å². The van der Waals surface area contributed by atoms with Gasteiger partial charge in [-0.2, -0.15) is 0 Å². The lowest BCUT2D eigenvalue weighted by atomic mass is 9.45. The monoisotopic (exact) mass is 268 g/mol. The van der Waals surface area contributed by atoms with Gasteiger partial charge >= 0.3 is 5.97 Å². The zero-order valence-corrected chi connectivity index (χ0v) is 12.7. The first-order valence-electron chi connectivity index (χ1n) is 7.54. The molecule has 0 aromatic carbocycles.